The number of hydrogen-bond acceptors (Lipinski definition) is 3. The number of carbonyl (C=O) groups excluding carboxylic acids is 1. The van der Waals surface area contributed by atoms with E-state index in [0.29, 0.717) is 17.9 Å². The number of nitrogens with zero attached hydrogens (tertiary/aromatic N) is 3. The van der Waals surface area contributed by atoms with Gasteiger partial charge in [0.25, 0.3) is 5.91 Å². The summed E-state index contributed by atoms with van der Waals surface area (Å²) in [5, 5.41) is 6.76. The third-order valence-electron chi connectivity index (χ3n) is 2.39. The van der Waals surface area contributed by atoms with Crippen LogP contribution in [0.2, 0.25) is 0 Å². The SMILES string of the molecule is Cc1nc(CN(C)C(=O)c2ccccc2)n[nH]1. The van der Waals surface area contributed by atoms with Crippen molar-refractivity contribution in [1.82, 2.24) is 20.1 Å². The van der Waals surface area contributed by atoms with Crippen LogP contribution in [0.1, 0.15) is 22.0 Å². The summed E-state index contributed by atoms with van der Waals surface area (Å²) >= 11 is 0. The highest BCUT2D eigenvalue weighted by Gasteiger charge is 2.13. The van der Waals surface area contributed by atoms with Crippen molar-refractivity contribution in [2.75, 3.05) is 7.05 Å². The Bertz CT molecular complexity index is 506. The molecule has 1 N–H and O–H groups in total. The van der Waals surface area contributed by atoms with E-state index in [2.05, 4.69) is 15.2 Å². The molecule has 0 aliphatic heterocycles. The van der Waals surface area contributed by atoms with Crippen LogP contribution in [0.3, 0.4) is 0 Å². The maximum absolute atomic E-state index is 12.0. The lowest BCUT2D eigenvalue weighted by Gasteiger charge is -2.14. The summed E-state index contributed by atoms with van der Waals surface area (Å²) < 4.78 is 0. The minimum absolute atomic E-state index is 0.0342. The van der Waals surface area contributed by atoms with Crippen LogP contribution in [0.15, 0.2) is 30.3 Å². The highest BCUT2D eigenvalue weighted by Crippen LogP contribution is 2.05. The molecule has 0 radical (unpaired) electrons. The third kappa shape index (κ3) is 2.69. The number of hydrogen-bond donors (Lipinski definition) is 1. The lowest BCUT2D eigenvalue weighted by atomic mass is 10.2. The fourth-order valence-electron chi connectivity index (χ4n) is 1.54. The van der Waals surface area contributed by atoms with E-state index in [1.807, 2.05) is 25.1 Å². The molecule has 0 saturated heterocycles. The van der Waals surface area contributed by atoms with E-state index < -0.39 is 0 Å². The number of amides is 1. The second kappa shape index (κ2) is 4.78. The van der Waals surface area contributed by atoms with Gasteiger partial charge in [0.15, 0.2) is 5.82 Å². The Morgan fingerprint density at radius 3 is 2.65 bits per heavy atom. The lowest BCUT2D eigenvalue weighted by molar-refractivity contribution is 0.0781. The molecule has 88 valence electrons. The van der Waals surface area contributed by atoms with Crippen molar-refractivity contribution in [2.24, 2.45) is 0 Å². The van der Waals surface area contributed by atoms with Gasteiger partial charge in [-0.15, -0.1) is 0 Å². The molecule has 5 heteroatoms. The summed E-state index contributed by atoms with van der Waals surface area (Å²) in [4.78, 5) is 17.8. The second-order valence-corrected chi connectivity index (χ2v) is 3.86. The van der Waals surface area contributed by atoms with Crippen molar-refractivity contribution < 1.29 is 4.79 Å². The van der Waals surface area contributed by atoms with Crippen LogP contribution in [0.25, 0.3) is 0 Å². The number of H-pyrrole nitrogens is 1. The van der Waals surface area contributed by atoms with Crippen LogP contribution in [0.4, 0.5) is 0 Å². The Morgan fingerprint density at radius 2 is 2.06 bits per heavy atom. The van der Waals surface area contributed by atoms with Gasteiger partial charge in [-0.3, -0.25) is 9.89 Å². The molecule has 0 aliphatic rings. The van der Waals surface area contributed by atoms with E-state index in [4.69, 9.17) is 0 Å². The first-order valence-electron chi connectivity index (χ1n) is 5.35. The van der Waals surface area contributed by atoms with E-state index in [0.717, 1.165) is 5.82 Å². The van der Waals surface area contributed by atoms with Gasteiger partial charge < -0.3 is 4.90 Å². The van der Waals surface area contributed by atoms with Crippen molar-refractivity contribution in [3.63, 3.8) is 0 Å². The fraction of sp³-hybridized carbons (Fsp3) is 0.250. The molecule has 1 amide bonds. The quantitative estimate of drug-likeness (QED) is 0.866. The van der Waals surface area contributed by atoms with Gasteiger partial charge in [-0.25, -0.2) is 4.98 Å². The predicted octanol–water partition coefficient (Wildman–Crippen LogP) is 1.39. The highest BCUT2D eigenvalue weighted by atomic mass is 16.2. The molecule has 1 aromatic carbocycles. The normalized spacial score (nSPS) is 10.2. The van der Waals surface area contributed by atoms with Gasteiger partial charge in [0.2, 0.25) is 0 Å². The van der Waals surface area contributed by atoms with E-state index in [9.17, 15) is 4.79 Å². The number of aromatic amines is 1. The molecule has 1 aromatic heterocycles. The van der Waals surface area contributed by atoms with Crippen LogP contribution in [0, 0.1) is 6.92 Å². The van der Waals surface area contributed by atoms with Crippen LogP contribution >= 0.6 is 0 Å². The van der Waals surface area contributed by atoms with E-state index in [1.54, 1.807) is 24.1 Å². The van der Waals surface area contributed by atoms with E-state index in [-0.39, 0.29) is 5.91 Å². The average Bonchev–Trinajstić information content (AvgIpc) is 2.75. The highest BCUT2D eigenvalue weighted by molar-refractivity contribution is 5.93. The lowest BCUT2D eigenvalue weighted by Crippen LogP contribution is -2.26. The molecule has 0 atom stereocenters. The topological polar surface area (TPSA) is 61.9 Å². The smallest absolute Gasteiger partial charge is 0.254 e. The molecule has 0 unspecified atom stereocenters. The average molecular weight is 230 g/mol. The molecule has 0 bridgehead atoms. The molecule has 0 fully saturated rings. The van der Waals surface area contributed by atoms with Crippen LogP contribution < -0.4 is 0 Å². The summed E-state index contributed by atoms with van der Waals surface area (Å²) in [7, 11) is 1.74. The van der Waals surface area contributed by atoms with Crippen LogP contribution in [-0.2, 0) is 6.54 Å². The van der Waals surface area contributed by atoms with Gasteiger partial charge in [-0.05, 0) is 19.1 Å². The van der Waals surface area contributed by atoms with Crippen molar-refractivity contribution in [1.29, 1.82) is 0 Å². The number of carbonyl (C=O) groups is 1. The van der Waals surface area contributed by atoms with Gasteiger partial charge >= 0.3 is 0 Å². The number of nitrogens with one attached hydrogen (secondary N) is 1. The number of benzene rings is 1. The largest absolute Gasteiger partial charge is 0.334 e. The third-order valence-corrected chi connectivity index (χ3v) is 2.39. The summed E-state index contributed by atoms with van der Waals surface area (Å²) in [6.45, 7) is 2.23. The molecule has 2 aromatic rings. The first-order chi connectivity index (χ1) is 8.16. The molecule has 0 saturated carbocycles. The van der Waals surface area contributed by atoms with Crippen molar-refractivity contribution >= 4 is 5.91 Å². The van der Waals surface area contributed by atoms with Crippen molar-refractivity contribution in [3.05, 3.63) is 47.5 Å². The van der Waals surface area contributed by atoms with Gasteiger partial charge in [-0.2, -0.15) is 5.10 Å². The zero-order valence-electron chi connectivity index (χ0n) is 9.84. The maximum Gasteiger partial charge on any atom is 0.254 e. The monoisotopic (exact) mass is 230 g/mol. The maximum atomic E-state index is 12.0. The Labute approximate surface area is 99.5 Å². The summed E-state index contributed by atoms with van der Waals surface area (Å²) in [6.07, 6.45) is 0. The Morgan fingerprint density at radius 1 is 1.35 bits per heavy atom. The Balaban J connectivity index is 2.06. The zero-order chi connectivity index (χ0) is 12.3. The molecule has 17 heavy (non-hydrogen) atoms. The molecule has 2 rings (SSSR count). The summed E-state index contributed by atoms with van der Waals surface area (Å²) in [5.74, 6) is 1.34. The van der Waals surface area contributed by atoms with E-state index in [1.165, 1.54) is 0 Å². The minimum atomic E-state index is -0.0342. The van der Waals surface area contributed by atoms with E-state index >= 15 is 0 Å². The number of rotatable bonds is 3. The van der Waals surface area contributed by atoms with Gasteiger partial charge in [0.05, 0.1) is 6.54 Å². The molecular weight excluding hydrogens is 216 g/mol. The molecule has 5 nitrogen and oxygen atoms in total. The summed E-state index contributed by atoms with van der Waals surface area (Å²) in [5.41, 5.74) is 0.669. The standard InChI is InChI=1S/C12H14N4O/c1-9-13-11(15-14-9)8-16(2)12(17)10-6-4-3-5-7-10/h3-7H,8H2,1-2H3,(H,13,14,15). The van der Waals surface area contributed by atoms with Gasteiger partial charge in [-0.1, -0.05) is 18.2 Å². The second-order valence-electron chi connectivity index (χ2n) is 3.86. The zero-order valence-corrected chi connectivity index (χ0v) is 9.84. The molecule has 1 heterocycles. The van der Waals surface area contributed by atoms with Crippen LogP contribution in [0.5, 0.6) is 0 Å². The molecule has 0 spiro atoms. The Hall–Kier alpha value is -2.17. The first kappa shape index (κ1) is 11.3. The number of aryl methyl sites for hydroxylation is 1. The Kier molecular flexibility index (Phi) is 3.18. The first-order valence-corrected chi connectivity index (χ1v) is 5.35. The van der Waals surface area contributed by atoms with Gasteiger partial charge in [0, 0.05) is 12.6 Å². The fourth-order valence-corrected chi connectivity index (χ4v) is 1.54. The van der Waals surface area contributed by atoms with Crippen molar-refractivity contribution in [2.45, 2.75) is 13.5 Å². The predicted molar refractivity (Wildman–Crippen MR) is 63.4 cm³/mol. The minimum Gasteiger partial charge on any atom is -0.334 e. The van der Waals surface area contributed by atoms with Crippen LogP contribution in [-0.4, -0.2) is 33.0 Å². The van der Waals surface area contributed by atoms with Crippen molar-refractivity contribution in [3.8, 4) is 0 Å². The van der Waals surface area contributed by atoms with Gasteiger partial charge in [0.1, 0.15) is 5.82 Å². The molecular formula is C12H14N4O. The summed E-state index contributed by atoms with van der Waals surface area (Å²) in [6, 6.07) is 9.16. The number of aromatic nitrogens is 3. The molecule has 0 aliphatic carbocycles.